The van der Waals surface area contributed by atoms with Gasteiger partial charge in [-0.15, -0.1) is 0 Å². The Hall–Kier alpha value is -2.13. The van der Waals surface area contributed by atoms with E-state index >= 15 is 0 Å². The average molecular weight is 432 g/mol. The molecule has 0 bridgehead atoms. The molecule has 26 heavy (non-hydrogen) atoms. The van der Waals surface area contributed by atoms with Gasteiger partial charge >= 0.3 is 0 Å². The number of benzene rings is 1. The Balaban J connectivity index is 2.15. The molecule has 2 aromatic rings. The number of aliphatic hydroxyl groups excluding tert-OH is 1. The fourth-order valence-corrected chi connectivity index (χ4v) is 2.50. The fraction of sp³-hybridized carbons (Fsp3) is 0.294. The number of nitrogens with one attached hydrogen (secondary N) is 2. The molecule has 9 heteroatoms. The van der Waals surface area contributed by atoms with Gasteiger partial charge in [-0.3, -0.25) is 4.79 Å². The van der Waals surface area contributed by atoms with Gasteiger partial charge in [-0.25, -0.2) is 18.2 Å². The molecule has 5 nitrogen and oxygen atoms in total. The molecular weight excluding hydrogens is 415 g/mol. The third-order valence-electron chi connectivity index (χ3n) is 3.45. The maximum absolute atomic E-state index is 14.0. The SMILES string of the molecule is C[C@@H](O)CNc1ncc(Br)cc1C(=O)NCc1cccc(C(F)F)c1F. The van der Waals surface area contributed by atoms with Crippen LogP contribution in [0.5, 0.6) is 0 Å². The first-order valence-corrected chi connectivity index (χ1v) is 8.50. The zero-order valence-electron chi connectivity index (χ0n) is 13.8. The lowest BCUT2D eigenvalue weighted by atomic mass is 10.1. The number of carbonyl (C=O) groups is 1. The molecule has 1 atom stereocenters. The van der Waals surface area contributed by atoms with Crippen molar-refractivity contribution in [2.75, 3.05) is 11.9 Å². The van der Waals surface area contributed by atoms with Gasteiger partial charge < -0.3 is 15.7 Å². The van der Waals surface area contributed by atoms with Crippen LogP contribution in [-0.2, 0) is 6.54 Å². The van der Waals surface area contributed by atoms with E-state index in [1.165, 1.54) is 24.4 Å². The lowest BCUT2D eigenvalue weighted by Gasteiger charge is -2.13. The van der Waals surface area contributed by atoms with Crippen molar-refractivity contribution in [3.8, 4) is 0 Å². The lowest BCUT2D eigenvalue weighted by molar-refractivity contribution is 0.0950. The van der Waals surface area contributed by atoms with E-state index in [4.69, 9.17) is 0 Å². The first-order chi connectivity index (χ1) is 12.3. The Morgan fingerprint density at radius 2 is 2.12 bits per heavy atom. The van der Waals surface area contributed by atoms with E-state index in [-0.39, 0.29) is 30.0 Å². The standard InChI is InChI=1S/C17H17BrF3N3O2/c1-9(25)6-22-16-13(5-11(18)8-23-16)17(26)24-7-10-3-2-4-12(14(10)19)15(20)21/h2-5,8-9,15,25H,6-7H2,1H3,(H,22,23)(H,24,26)/t9-/m1/s1. The Morgan fingerprint density at radius 1 is 1.38 bits per heavy atom. The van der Waals surface area contributed by atoms with Crippen LogP contribution in [0.1, 0.15) is 34.8 Å². The third-order valence-corrected chi connectivity index (χ3v) is 3.88. The highest BCUT2D eigenvalue weighted by atomic mass is 79.9. The quantitative estimate of drug-likeness (QED) is 0.625. The normalized spacial score (nSPS) is 12.1. The van der Waals surface area contributed by atoms with E-state index in [0.717, 1.165) is 6.07 Å². The molecule has 0 spiro atoms. The second kappa shape index (κ2) is 9.00. The van der Waals surface area contributed by atoms with Crippen molar-refractivity contribution < 1.29 is 23.1 Å². The van der Waals surface area contributed by atoms with Crippen molar-refractivity contribution in [2.45, 2.75) is 26.0 Å². The number of pyridine rings is 1. The number of amides is 1. The van der Waals surface area contributed by atoms with Crippen molar-refractivity contribution in [1.29, 1.82) is 0 Å². The molecule has 0 aliphatic heterocycles. The number of hydrogen-bond acceptors (Lipinski definition) is 4. The topological polar surface area (TPSA) is 74.2 Å². The van der Waals surface area contributed by atoms with Crippen LogP contribution in [0.15, 0.2) is 34.9 Å². The fourth-order valence-electron chi connectivity index (χ4n) is 2.17. The summed E-state index contributed by atoms with van der Waals surface area (Å²) in [5.41, 5.74) is -0.580. The van der Waals surface area contributed by atoms with Crippen LogP contribution >= 0.6 is 15.9 Å². The summed E-state index contributed by atoms with van der Waals surface area (Å²) in [6.45, 7) is 1.50. The van der Waals surface area contributed by atoms with Crippen molar-refractivity contribution in [2.24, 2.45) is 0 Å². The number of aliphatic hydroxyl groups is 1. The molecule has 1 aromatic carbocycles. The summed E-state index contributed by atoms with van der Waals surface area (Å²) >= 11 is 3.21. The van der Waals surface area contributed by atoms with E-state index < -0.39 is 29.8 Å². The monoisotopic (exact) mass is 431 g/mol. The number of aromatic nitrogens is 1. The van der Waals surface area contributed by atoms with Gasteiger partial charge in [0.15, 0.2) is 0 Å². The van der Waals surface area contributed by atoms with Crippen LogP contribution in [0, 0.1) is 5.82 Å². The molecule has 1 heterocycles. The van der Waals surface area contributed by atoms with Crippen LogP contribution in [0.25, 0.3) is 0 Å². The predicted octanol–water partition coefficient (Wildman–Crippen LogP) is 3.64. The number of alkyl halides is 2. The Bertz CT molecular complexity index is 788. The van der Waals surface area contributed by atoms with Crippen molar-refractivity contribution in [3.63, 3.8) is 0 Å². The number of rotatable bonds is 7. The van der Waals surface area contributed by atoms with Gasteiger partial charge in [0.05, 0.1) is 17.2 Å². The molecule has 1 amide bonds. The number of hydrogen-bond donors (Lipinski definition) is 3. The van der Waals surface area contributed by atoms with E-state index in [1.807, 2.05) is 0 Å². The van der Waals surface area contributed by atoms with E-state index in [9.17, 15) is 23.1 Å². The molecular formula is C17H17BrF3N3O2. The summed E-state index contributed by atoms with van der Waals surface area (Å²) in [6, 6.07) is 5.15. The molecule has 2 rings (SSSR count). The Labute approximate surface area is 156 Å². The minimum absolute atomic E-state index is 0.0439. The Kier molecular flexibility index (Phi) is 6.98. The first-order valence-electron chi connectivity index (χ1n) is 7.70. The summed E-state index contributed by atoms with van der Waals surface area (Å²) in [5.74, 6) is -1.36. The number of nitrogens with zero attached hydrogens (tertiary/aromatic N) is 1. The highest BCUT2D eigenvalue weighted by Crippen LogP contribution is 2.24. The van der Waals surface area contributed by atoms with Crippen molar-refractivity contribution >= 4 is 27.7 Å². The molecule has 0 fully saturated rings. The highest BCUT2D eigenvalue weighted by molar-refractivity contribution is 9.10. The number of halogens is 4. The molecule has 140 valence electrons. The van der Waals surface area contributed by atoms with Gasteiger partial charge in [0.2, 0.25) is 0 Å². The van der Waals surface area contributed by atoms with E-state index in [2.05, 4.69) is 31.5 Å². The predicted molar refractivity (Wildman–Crippen MR) is 94.6 cm³/mol. The largest absolute Gasteiger partial charge is 0.392 e. The van der Waals surface area contributed by atoms with Gasteiger partial charge in [0.1, 0.15) is 11.6 Å². The molecule has 0 saturated heterocycles. The van der Waals surface area contributed by atoms with Crippen molar-refractivity contribution in [3.05, 3.63) is 57.4 Å². The van der Waals surface area contributed by atoms with E-state index in [0.29, 0.717) is 4.47 Å². The van der Waals surface area contributed by atoms with Gasteiger partial charge in [-0.1, -0.05) is 18.2 Å². The summed E-state index contributed by atoms with van der Waals surface area (Å²) in [7, 11) is 0. The summed E-state index contributed by atoms with van der Waals surface area (Å²) < 4.78 is 40.1. The second-order valence-electron chi connectivity index (χ2n) is 5.58. The molecule has 0 aliphatic carbocycles. The summed E-state index contributed by atoms with van der Waals surface area (Å²) in [5, 5.41) is 14.7. The highest BCUT2D eigenvalue weighted by Gasteiger charge is 2.18. The maximum Gasteiger partial charge on any atom is 0.266 e. The van der Waals surface area contributed by atoms with E-state index in [1.54, 1.807) is 6.92 Å². The van der Waals surface area contributed by atoms with Gasteiger partial charge in [0.25, 0.3) is 12.3 Å². The minimum Gasteiger partial charge on any atom is -0.392 e. The zero-order valence-corrected chi connectivity index (χ0v) is 15.4. The molecule has 0 unspecified atom stereocenters. The zero-order chi connectivity index (χ0) is 19.3. The van der Waals surface area contributed by atoms with Gasteiger partial charge in [0, 0.05) is 29.3 Å². The molecule has 0 saturated carbocycles. The first kappa shape index (κ1) is 20.2. The molecule has 0 radical (unpaired) electrons. The van der Waals surface area contributed by atoms with Crippen LogP contribution in [0.4, 0.5) is 19.0 Å². The maximum atomic E-state index is 14.0. The van der Waals surface area contributed by atoms with Gasteiger partial charge in [-0.2, -0.15) is 0 Å². The molecule has 3 N–H and O–H groups in total. The lowest BCUT2D eigenvalue weighted by Crippen LogP contribution is -2.26. The number of anilines is 1. The van der Waals surface area contributed by atoms with Crippen LogP contribution in [0.2, 0.25) is 0 Å². The summed E-state index contributed by atoms with van der Waals surface area (Å²) in [4.78, 5) is 16.5. The second-order valence-corrected chi connectivity index (χ2v) is 6.50. The summed E-state index contributed by atoms with van der Waals surface area (Å²) in [6.07, 6.45) is -2.11. The molecule has 0 aliphatic rings. The minimum atomic E-state index is -2.93. The van der Waals surface area contributed by atoms with Crippen LogP contribution < -0.4 is 10.6 Å². The number of carbonyl (C=O) groups excluding carboxylic acids is 1. The smallest absolute Gasteiger partial charge is 0.266 e. The molecule has 1 aromatic heterocycles. The van der Waals surface area contributed by atoms with Gasteiger partial charge in [-0.05, 0) is 28.9 Å². The van der Waals surface area contributed by atoms with Crippen molar-refractivity contribution in [1.82, 2.24) is 10.3 Å². The Morgan fingerprint density at radius 3 is 2.77 bits per heavy atom. The van der Waals surface area contributed by atoms with Crippen LogP contribution in [0.3, 0.4) is 0 Å². The average Bonchev–Trinajstić information content (AvgIpc) is 2.59. The van der Waals surface area contributed by atoms with Crippen LogP contribution in [-0.4, -0.2) is 28.6 Å². The third kappa shape index (κ3) is 5.18.